The summed E-state index contributed by atoms with van der Waals surface area (Å²) in [5.74, 6) is -1.67. The number of H-pyrrole nitrogens is 1. The fraction of sp³-hybridized carbons (Fsp3) is 0.0833. The van der Waals surface area contributed by atoms with Crippen molar-refractivity contribution >= 4 is 5.97 Å². The molecule has 6 heteroatoms. The maximum Gasteiger partial charge on any atom is 0.342 e. The van der Waals surface area contributed by atoms with Crippen LogP contribution in [-0.4, -0.2) is 21.0 Å². The van der Waals surface area contributed by atoms with E-state index in [0.29, 0.717) is 5.56 Å². The summed E-state index contributed by atoms with van der Waals surface area (Å²) in [6, 6.07) is 4.08. The van der Waals surface area contributed by atoms with Gasteiger partial charge in [0.15, 0.2) is 0 Å². The fourth-order valence-corrected chi connectivity index (χ4v) is 1.53. The van der Waals surface area contributed by atoms with Gasteiger partial charge in [-0.2, -0.15) is 0 Å². The standard InChI is InChI=1S/C12H9FN2O3/c1-6-2-3-7(13)4-8(6)10-14-5-9(12(17)18)11(16)15-10/h2-5H,1H3,(H,17,18)(H,14,15,16). The Hall–Kier alpha value is -2.50. The molecular weight excluding hydrogens is 239 g/mol. The second-order valence-corrected chi connectivity index (χ2v) is 3.74. The number of nitrogens with zero attached hydrogens (tertiary/aromatic N) is 1. The van der Waals surface area contributed by atoms with Gasteiger partial charge in [0.25, 0.3) is 5.56 Å². The van der Waals surface area contributed by atoms with Crippen molar-refractivity contribution in [3.63, 3.8) is 0 Å². The molecular formula is C12H9FN2O3. The Morgan fingerprint density at radius 2 is 2.17 bits per heavy atom. The molecule has 0 atom stereocenters. The molecule has 0 radical (unpaired) electrons. The number of aromatic amines is 1. The van der Waals surface area contributed by atoms with E-state index in [1.54, 1.807) is 13.0 Å². The van der Waals surface area contributed by atoms with Gasteiger partial charge in [-0.3, -0.25) is 4.79 Å². The third-order valence-corrected chi connectivity index (χ3v) is 2.48. The second kappa shape index (κ2) is 4.40. The Kier molecular flexibility index (Phi) is 2.93. The van der Waals surface area contributed by atoms with Crippen molar-refractivity contribution in [2.45, 2.75) is 6.92 Å². The topological polar surface area (TPSA) is 83.0 Å². The largest absolute Gasteiger partial charge is 0.477 e. The number of halogens is 1. The Labute approximate surface area is 101 Å². The van der Waals surface area contributed by atoms with Crippen molar-refractivity contribution in [3.8, 4) is 11.4 Å². The first-order valence-electron chi connectivity index (χ1n) is 5.08. The van der Waals surface area contributed by atoms with Crippen molar-refractivity contribution < 1.29 is 14.3 Å². The number of aromatic carboxylic acids is 1. The maximum atomic E-state index is 13.1. The molecule has 0 unspecified atom stereocenters. The van der Waals surface area contributed by atoms with E-state index in [-0.39, 0.29) is 5.82 Å². The highest BCUT2D eigenvalue weighted by molar-refractivity contribution is 5.86. The molecule has 0 aliphatic heterocycles. The van der Waals surface area contributed by atoms with Crippen molar-refractivity contribution in [1.29, 1.82) is 0 Å². The van der Waals surface area contributed by atoms with Gasteiger partial charge >= 0.3 is 5.97 Å². The summed E-state index contributed by atoms with van der Waals surface area (Å²) in [5, 5.41) is 8.71. The van der Waals surface area contributed by atoms with Crippen LogP contribution < -0.4 is 5.56 Å². The normalized spacial score (nSPS) is 10.3. The fourth-order valence-electron chi connectivity index (χ4n) is 1.53. The van der Waals surface area contributed by atoms with Gasteiger partial charge < -0.3 is 10.1 Å². The summed E-state index contributed by atoms with van der Waals surface area (Å²) in [6.45, 7) is 1.74. The van der Waals surface area contributed by atoms with Crippen LogP contribution in [-0.2, 0) is 0 Å². The van der Waals surface area contributed by atoms with Gasteiger partial charge in [-0.25, -0.2) is 14.2 Å². The maximum absolute atomic E-state index is 13.1. The average molecular weight is 248 g/mol. The molecule has 2 rings (SSSR count). The number of nitrogens with one attached hydrogen (secondary N) is 1. The lowest BCUT2D eigenvalue weighted by Crippen LogP contribution is -2.18. The zero-order valence-corrected chi connectivity index (χ0v) is 9.40. The lowest BCUT2D eigenvalue weighted by molar-refractivity contribution is 0.0694. The molecule has 0 saturated heterocycles. The quantitative estimate of drug-likeness (QED) is 0.845. The molecule has 2 aromatic rings. The molecule has 0 amide bonds. The third-order valence-electron chi connectivity index (χ3n) is 2.48. The number of aryl methyl sites for hydroxylation is 1. The molecule has 1 heterocycles. The van der Waals surface area contributed by atoms with Crippen LogP contribution in [0.25, 0.3) is 11.4 Å². The zero-order valence-electron chi connectivity index (χ0n) is 9.40. The summed E-state index contributed by atoms with van der Waals surface area (Å²) in [7, 11) is 0. The first-order valence-corrected chi connectivity index (χ1v) is 5.08. The smallest absolute Gasteiger partial charge is 0.342 e. The van der Waals surface area contributed by atoms with E-state index in [4.69, 9.17) is 5.11 Å². The Bertz CT molecular complexity index is 679. The molecule has 5 nitrogen and oxygen atoms in total. The number of rotatable bonds is 2. The molecule has 1 aromatic carbocycles. The monoisotopic (exact) mass is 248 g/mol. The van der Waals surface area contributed by atoms with Crippen LogP contribution in [0, 0.1) is 12.7 Å². The molecule has 92 valence electrons. The van der Waals surface area contributed by atoms with Gasteiger partial charge in [-0.05, 0) is 24.6 Å². The van der Waals surface area contributed by atoms with Gasteiger partial charge in [-0.1, -0.05) is 6.07 Å². The molecule has 18 heavy (non-hydrogen) atoms. The van der Waals surface area contributed by atoms with Crippen LogP contribution in [0.3, 0.4) is 0 Å². The summed E-state index contributed by atoms with van der Waals surface area (Å²) in [4.78, 5) is 28.3. The van der Waals surface area contributed by atoms with Gasteiger partial charge in [0.1, 0.15) is 17.2 Å². The van der Waals surface area contributed by atoms with E-state index in [1.807, 2.05) is 0 Å². The van der Waals surface area contributed by atoms with Crippen molar-refractivity contribution in [2.75, 3.05) is 0 Å². The molecule has 2 N–H and O–H groups in total. The summed E-state index contributed by atoms with van der Waals surface area (Å²) >= 11 is 0. The number of hydrogen-bond acceptors (Lipinski definition) is 3. The highest BCUT2D eigenvalue weighted by atomic mass is 19.1. The Morgan fingerprint density at radius 3 is 2.78 bits per heavy atom. The second-order valence-electron chi connectivity index (χ2n) is 3.74. The third kappa shape index (κ3) is 2.13. The van der Waals surface area contributed by atoms with Crippen LogP contribution in [0.15, 0.2) is 29.2 Å². The predicted octanol–water partition coefficient (Wildman–Crippen LogP) is 1.58. The predicted molar refractivity (Wildman–Crippen MR) is 61.9 cm³/mol. The van der Waals surface area contributed by atoms with E-state index in [2.05, 4.69) is 9.97 Å². The van der Waals surface area contributed by atoms with Crippen molar-refractivity contribution in [3.05, 3.63) is 51.7 Å². The van der Waals surface area contributed by atoms with E-state index in [9.17, 15) is 14.0 Å². The van der Waals surface area contributed by atoms with Crippen LogP contribution in [0.2, 0.25) is 0 Å². The van der Waals surface area contributed by atoms with Gasteiger partial charge in [0.05, 0.1) is 0 Å². The van der Waals surface area contributed by atoms with Crippen molar-refractivity contribution in [1.82, 2.24) is 9.97 Å². The average Bonchev–Trinajstić information content (AvgIpc) is 2.31. The number of carbonyl (C=O) groups is 1. The number of carboxylic acid groups (broad SMARTS) is 1. The number of aromatic nitrogens is 2. The highest BCUT2D eigenvalue weighted by Gasteiger charge is 2.12. The van der Waals surface area contributed by atoms with Gasteiger partial charge in [-0.15, -0.1) is 0 Å². The molecule has 0 aliphatic carbocycles. The van der Waals surface area contributed by atoms with Crippen LogP contribution in [0.1, 0.15) is 15.9 Å². The van der Waals surface area contributed by atoms with E-state index in [0.717, 1.165) is 11.8 Å². The Balaban J connectivity index is 2.59. The molecule has 0 fully saturated rings. The lowest BCUT2D eigenvalue weighted by atomic mass is 10.1. The zero-order chi connectivity index (χ0) is 13.3. The molecule has 0 bridgehead atoms. The van der Waals surface area contributed by atoms with Crippen molar-refractivity contribution in [2.24, 2.45) is 0 Å². The molecule has 0 spiro atoms. The summed E-state index contributed by atoms with van der Waals surface area (Å²) in [5.41, 5.74) is -0.0735. The molecule has 1 aromatic heterocycles. The molecule has 0 saturated carbocycles. The molecule has 0 aliphatic rings. The number of carboxylic acids is 1. The van der Waals surface area contributed by atoms with Crippen LogP contribution in [0.4, 0.5) is 4.39 Å². The minimum absolute atomic E-state index is 0.141. The van der Waals surface area contributed by atoms with Crippen LogP contribution in [0.5, 0.6) is 0 Å². The summed E-state index contributed by atoms with van der Waals surface area (Å²) in [6.07, 6.45) is 0.959. The van der Waals surface area contributed by atoms with Gasteiger partial charge in [0, 0.05) is 11.8 Å². The highest BCUT2D eigenvalue weighted by Crippen LogP contribution is 2.19. The lowest BCUT2D eigenvalue weighted by Gasteiger charge is -2.05. The number of hydrogen-bond donors (Lipinski definition) is 2. The summed E-state index contributed by atoms with van der Waals surface area (Å²) < 4.78 is 13.1. The number of benzene rings is 1. The van der Waals surface area contributed by atoms with E-state index in [1.165, 1.54) is 12.1 Å². The minimum atomic E-state index is -1.36. The SMILES string of the molecule is Cc1ccc(F)cc1-c1ncc(C(=O)O)c(=O)[nH]1. The minimum Gasteiger partial charge on any atom is -0.477 e. The van der Waals surface area contributed by atoms with E-state index >= 15 is 0 Å². The van der Waals surface area contributed by atoms with Gasteiger partial charge in [0.2, 0.25) is 0 Å². The van der Waals surface area contributed by atoms with E-state index < -0.39 is 22.9 Å². The first-order chi connectivity index (χ1) is 8.49. The first kappa shape index (κ1) is 12.0. The Morgan fingerprint density at radius 1 is 1.44 bits per heavy atom. The van der Waals surface area contributed by atoms with Crippen LogP contribution >= 0.6 is 0 Å².